The Morgan fingerprint density at radius 2 is 2.00 bits per heavy atom. The van der Waals surface area contributed by atoms with E-state index in [4.69, 9.17) is 0 Å². The van der Waals surface area contributed by atoms with E-state index in [1.165, 1.54) is 24.3 Å². The van der Waals surface area contributed by atoms with Gasteiger partial charge in [0.15, 0.2) is 0 Å². The molecule has 1 unspecified atom stereocenters. The highest BCUT2D eigenvalue weighted by molar-refractivity contribution is 5.80. The maximum absolute atomic E-state index is 12.8. The summed E-state index contributed by atoms with van der Waals surface area (Å²) in [4.78, 5) is 11.4. The summed E-state index contributed by atoms with van der Waals surface area (Å²) >= 11 is 0. The zero-order valence-electron chi connectivity index (χ0n) is 9.74. The SMILES string of the molecule is CC(NC1CCC1)(C(=O)O)c1ccc(F)cc1. The van der Waals surface area contributed by atoms with Crippen LogP contribution in [0.1, 0.15) is 31.7 Å². The minimum Gasteiger partial charge on any atom is -0.480 e. The van der Waals surface area contributed by atoms with Crippen LogP contribution in [0.4, 0.5) is 4.39 Å². The molecule has 2 rings (SSSR count). The number of carbonyl (C=O) groups is 1. The van der Waals surface area contributed by atoms with Crippen LogP contribution < -0.4 is 5.32 Å². The van der Waals surface area contributed by atoms with Crippen molar-refractivity contribution in [3.8, 4) is 0 Å². The Balaban J connectivity index is 2.25. The predicted molar refractivity (Wildman–Crippen MR) is 62.2 cm³/mol. The fourth-order valence-corrected chi connectivity index (χ4v) is 2.01. The lowest BCUT2D eigenvalue weighted by atomic mass is 9.86. The van der Waals surface area contributed by atoms with Gasteiger partial charge in [0, 0.05) is 6.04 Å². The van der Waals surface area contributed by atoms with Crippen molar-refractivity contribution < 1.29 is 14.3 Å². The van der Waals surface area contributed by atoms with Gasteiger partial charge in [0.1, 0.15) is 11.4 Å². The summed E-state index contributed by atoms with van der Waals surface area (Å²) in [5.41, 5.74) is -0.558. The normalized spacial score (nSPS) is 19.4. The predicted octanol–water partition coefficient (Wildman–Crippen LogP) is 2.27. The number of halogens is 1. The summed E-state index contributed by atoms with van der Waals surface area (Å²) < 4.78 is 12.8. The van der Waals surface area contributed by atoms with Crippen LogP contribution in [0, 0.1) is 5.82 Å². The van der Waals surface area contributed by atoms with Crippen LogP contribution in [0.3, 0.4) is 0 Å². The molecule has 1 aromatic rings. The minimum atomic E-state index is -1.14. The van der Waals surface area contributed by atoms with Crippen molar-refractivity contribution in [2.24, 2.45) is 0 Å². The van der Waals surface area contributed by atoms with E-state index in [9.17, 15) is 14.3 Å². The van der Waals surface area contributed by atoms with E-state index in [0.29, 0.717) is 5.56 Å². The molecular formula is C13H16FNO2. The number of hydrogen-bond acceptors (Lipinski definition) is 2. The monoisotopic (exact) mass is 237 g/mol. The molecule has 0 radical (unpaired) electrons. The van der Waals surface area contributed by atoms with E-state index >= 15 is 0 Å². The molecule has 3 nitrogen and oxygen atoms in total. The molecule has 4 heteroatoms. The van der Waals surface area contributed by atoms with Gasteiger partial charge >= 0.3 is 5.97 Å². The first-order valence-electron chi connectivity index (χ1n) is 5.79. The first-order valence-corrected chi connectivity index (χ1v) is 5.79. The molecule has 1 aromatic carbocycles. The van der Waals surface area contributed by atoms with Crippen LogP contribution in [0.2, 0.25) is 0 Å². The van der Waals surface area contributed by atoms with Crippen molar-refractivity contribution in [3.63, 3.8) is 0 Å². The quantitative estimate of drug-likeness (QED) is 0.844. The van der Waals surface area contributed by atoms with Crippen molar-refractivity contribution in [2.45, 2.75) is 37.8 Å². The fraction of sp³-hybridized carbons (Fsp3) is 0.462. The maximum atomic E-state index is 12.8. The van der Waals surface area contributed by atoms with Gasteiger partial charge in [0.25, 0.3) is 0 Å². The lowest BCUT2D eigenvalue weighted by Gasteiger charge is -2.36. The van der Waals surface area contributed by atoms with Gasteiger partial charge in [-0.3, -0.25) is 5.32 Å². The molecular weight excluding hydrogens is 221 g/mol. The van der Waals surface area contributed by atoms with Crippen LogP contribution in [-0.4, -0.2) is 17.1 Å². The Labute approximate surface area is 99.7 Å². The Hall–Kier alpha value is -1.42. The van der Waals surface area contributed by atoms with Crippen molar-refractivity contribution >= 4 is 5.97 Å². The molecule has 0 saturated heterocycles. The standard InChI is InChI=1S/C13H16FNO2/c1-13(12(16)17,15-11-3-2-4-11)9-5-7-10(14)8-6-9/h5-8,11,15H,2-4H2,1H3,(H,16,17). The van der Waals surface area contributed by atoms with Crippen molar-refractivity contribution in [1.82, 2.24) is 5.32 Å². The molecule has 1 fully saturated rings. The Morgan fingerprint density at radius 1 is 1.41 bits per heavy atom. The lowest BCUT2D eigenvalue weighted by Crippen LogP contribution is -2.53. The number of aliphatic carboxylic acids is 1. The average molecular weight is 237 g/mol. The zero-order chi connectivity index (χ0) is 12.5. The highest BCUT2D eigenvalue weighted by Crippen LogP contribution is 2.27. The van der Waals surface area contributed by atoms with Gasteiger partial charge in [0.05, 0.1) is 0 Å². The number of nitrogens with one attached hydrogen (secondary N) is 1. The summed E-state index contributed by atoms with van der Waals surface area (Å²) in [5.74, 6) is -1.29. The number of benzene rings is 1. The molecule has 0 amide bonds. The molecule has 1 atom stereocenters. The molecule has 1 aliphatic carbocycles. The van der Waals surface area contributed by atoms with Gasteiger partial charge in [-0.1, -0.05) is 18.6 Å². The molecule has 1 aliphatic rings. The smallest absolute Gasteiger partial charge is 0.328 e. The third kappa shape index (κ3) is 2.31. The number of carboxylic acids is 1. The molecule has 0 bridgehead atoms. The third-order valence-corrected chi connectivity index (χ3v) is 3.45. The molecule has 2 N–H and O–H groups in total. The van der Waals surface area contributed by atoms with Crippen molar-refractivity contribution in [3.05, 3.63) is 35.6 Å². The summed E-state index contributed by atoms with van der Waals surface area (Å²) in [6, 6.07) is 5.88. The highest BCUT2D eigenvalue weighted by atomic mass is 19.1. The first kappa shape index (κ1) is 12.0. The Morgan fingerprint density at radius 3 is 2.41 bits per heavy atom. The zero-order valence-corrected chi connectivity index (χ0v) is 9.74. The molecule has 17 heavy (non-hydrogen) atoms. The van der Waals surface area contributed by atoms with E-state index in [2.05, 4.69) is 5.32 Å². The molecule has 1 saturated carbocycles. The topological polar surface area (TPSA) is 49.3 Å². The van der Waals surface area contributed by atoms with Gasteiger partial charge in [-0.25, -0.2) is 9.18 Å². The molecule has 92 valence electrons. The van der Waals surface area contributed by atoms with E-state index < -0.39 is 11.5 Å². The lowest BCUT2D eigenvalue weighted by molar-refractivity contribution is -0.145. The van der Waals surface area contributed by atoms with Gasteiger partial charge in [0.2, 0.25) is 0 Å². The van der Waals surface area contributed by atoms with Crippen LogP contribution in [0.5, 0.6) is 0 Å². The molecule has 0 aliphatic heterocycles. The van der Waals surface area contributed by atoms with Gasteiger partial charge < -0.3 is 5.11 Å². The van der Waals surface area contributed by atoms with E-state index in [1.807, 2.05) is 0 Å². The van der Waals surface area contributed by atoms with Crippen molar-refractivity contribution in [1.29, 1.82) is 0 Å². The number of carboxylic acid groups (broad SMARTS) is 1. The molecule has 0 spiro atoms. The fourth-order valence-electron chi connectivity index (χ4n) is 2.01. The first-order chi connectivity index (χ1) is 8.02. The largest absolute Gasteiger partial charge is 0.480 e. The number of hydrogen-bond donors (Lipinski definition) is 2. The van der Waals surface area contributed by atoms with E-state index in [-0.39, 0.29) is 11.9 Å². The summed E-state index contributed by atoms with van der Waals surface area (Å²) in [5, 5.41) is 12.5. The van der Waals surface area contributed by atoms with Gasteiger partial charge in [-0.05, 0) is 37.5 Å². The second-order valence-electron chi connectivity index (χ2n) is 4.71. The maximum Gasteiger partial charge on any atom is 0.328 e. The highest BCUT2D eigenvalue weighted by Gasteiger charge is 2.38. The summed E-state index contributed by atoms with van der Waals surface area (Å²) in [6.45, 7) is 1.63. The Bertz CT molecular complexity index is 414. The summed E-state index contributed by atoms with van der Waals surface area (Å²) in [6.07, 6.45) is 3.14. The average Bonchev–Trinajstić information content (AvgIpc) is 2.24. The van der Waals surface area contributed by atoms with Gasteiger partial charge in [-0.2, -0.15) is 0 Å². The van der Waals surface area contributed by atoms with E-state index in [1.54, 1.807) is 6.92 Å². The van der Waals surface area contributed by atoms with E-state index in [0.717, 1.165) is 19.3 Å². The van der Waals surface area contributed by atoms with Crippen LogP contribution >= 0.6 is 0 Å². The molecule has 0 aromatic heterocycles. The minimum absolute atomic E-state index is 0.251. The van der Waals surface area contributed by atoms with Crippen LogP contribution in [0.25, 0.3) is 0 Å². The third-order valence-electron chi connectivity index (χ3n) is 3.45. The second kappa shape index (κ2) is 4.45. The van der Waals surface area contributed by atoms with Crippen LogP contribution in [0.15, 0.2) is 24.3 Å². The van der Waals surface area contributed by atoms with Gasteiger partial charge in [-0.15, -0.1) is 0 Å². The van der Waals surface area contributed by atoms with Crippen LogP contribution in [-0.2, 0) is 10.3 Å². The Kier molecular flexibility index (Phi) is 3.15. The summed E-state index contributed by atoms with van der Waals surface area (Å²) in [7, 11) is 0. The van der Waals surface area contributed by atoms with Crippen molar-refractivity contribution in [2.75, 3.05) is 0 Å². The number of rotatable bonds is 4. The molecule has 0 heterocycles. The second-order valence-corrected chi connectivity index (χ2v) is 4.71.